The first-order valence-corrected chi connectivity index (χ1v) is 11.9. The molecule has 1 aliphatic rings. The molecule has 1 N–H and O–H groups in total. The average molecular weight is 469 g/mol. The fourth-order valence-corrected chi connectivity index (χ4v) is 4.92. The second-order valence-corrected chi connectivity index (χ2v) is 9.16. The zero-order valence-corrected chi connectivity index (χ0v) is 19.6. The van der Waals surface area contributed by atoms with Gasteiger partial charge in [0, 0.05) is 25.5 Å². The van der Waals surface area contributed by atoms with Crippen LogP contribution in [0.25, 0.3) is 17.2 Å². The van der Waals surface area contributed by atoms with Crippen LogP contribution in [0.1, 0.15) is 24.2 Å². The molecule has 1 fully saturated rings. The standard InChI is InChI=1S/C21H24N8OS2/c1-14-5-7-15(8-6-14)29-18(22-24-20(29)31)13-32-21-25-23-19(17-9-10-27(2)26-17)28(21)12-16-4-3-11-30-16/h5-10,16H,3-4,11-13H2,1-2H3,(H,24,31). The summed E-state index contributed by atoms with van der Waals surface area (Å²) in [7, 11) is 1.90. The molecule has 32 heavy (non-hydrogen) atoms. The third-order valence-electron chi connectivity index (χ3n) is 5.43. The molecule has 1 saturated heterocycles. The Hall–Kier alpha value is -2.76. The summed E-state index contributed by atoms with van der Waals surface area (Å²) in [5.74, 6) is 2.17. The molecule has 11 heteroatoms. The van der Waals surface area contributed by atoms with Crippen LogP contribution in [0.3, 0.4) is 0 Å². The van der Waals surface area contributed by atoms with Gasteiger partial charge in [0.2, 0.25) is 0 Å². The van der Waals surface area contributed by atoms with Gasteiger partial charge in [-0.05, 0) is 50.2 Å². The summed E-state index contributed by atoms with van der Waals surface area (Å²) < 4.78 is 12.3. The van der Waals surface area contributed by atoms with Crippen molar-refractivity contribution in [1.82, 2.24) is 39.3 Å². The number of H-pyrrole nitrogens is 1. The molecule has 1 aliphatic heterocycles. The number of nitrogens with one attached hydrogen (secondary N) is 1. The van der Waals surface area contributed by atoms with Crippen molar-refractivity contribution in [3.05, 3.63) is 52.7 Å². The third kappa shape index (κ3) is 4.27. The van der Waals surface area contributed by atoms with Crippen molar-refractivity contribution >= 4 is 24.0 Å². The van der Waals surface area contributed by atoms with Crippen molar-refractivity contribution in [3.8, 4) is 17.2 Å². The van der Waals surface area contributed by atoms with E-state index in [4.69, 9.17) is 17.0 Å². The first-order valence-electron chi connectivity index (χ1n) is 10.5. The van der Waals surface area contributed by atoms with Crippen molar-refractivity contribution in [2.24, 2.45) is 7.05 Å². The predicted molar refractivity (Wildman–Crippen MR) is 124 cm³/mol. The van der Waals surface area contributed by atoms with E-state index in [1.165, 1.54) is 5.56 Å². The molecule has 1 atom stereocenters. The molecule has 9 nitrogen and oxygen atoms in total. The minimum absolute atomic E-state index is 0.162. The summed E-state index contributed by atoms with van der Waals surface area (Å²) in [6.45, 7) is 3.57. The Labute approximate surface area is 194 Å². The number of benzene rings is 1. The van der Waals surface area contributed by atoms with Crippen LogP contribution in [0.5, 0.6) is 0 Å². The van der Waals surface area contributed by atoms with Gasteiger partial charge < -0.3 is 4.74 Å². The number of hydrogen-bond acceptors (Lipinski definition) is 7. The molecular formula is C21H24N8OS2. The highest BCUT2D eigenvalue weighted by molar-refractivity contribution is 7.98. The molecule has 1 unspecified atom stereocenters. The van der Waals surface area contributed by atoms with Gasteiger partial charge in [-0.1, -0.05) is 29.5 Å². The maximum absolute atomic E-state index is 5.88. The molecule has 5 rings (SSSR count). The molecule has 4 aromatic rings. The number of ether oxygens (including phenoxy) is 1. The highest BCUT2D eigenvalue weighted by Gasteiger charge is 2.23. The van der Waals surface area contributed by atoms with Gasteiger partial charge in [0.15, 0.2) is 15.8 Å². The number of aromatic nitrogens is 8. The molecule has 0 spiro atoms. The van der Waals surface area contributed by atoms with Crippen LogP contribution in [0.15, 0.2) is 41.7 Å². The summed E-state index contributed by atoms with van der Waals surface area (Å²) in [5.41, 5.74) is 2.98. The van der Waals surface area contributed by atoms with Crippen molar-refractivity contribution in [1.29, 1.82) is 0 Å². The first-order chi connectivity index (χ1) is 15.6. The van der Waals surface area contributed by atoms with E-state index in [0.29, 0.717) is 17.1 Å². The van der Waals surface area contributed by atoms with E-state index >= 15 is 0 Å². The van der Waals surface area contributed by atoms with E-state index in [0.717, 1.165) is 47.6 Å². The molecule has 0 radical (unpaired) electrons. The van der Waals surface area contributed by atoms with E-state index < -0.39 is 0 Å². The van der Waals surface area contributed by atoms with Gasteiger partial charge in [-0.15, -0.1) is 10.2 Å². The lowest BCUT2D eigenvalue weighted by Gasteiger charge is -2.14. The lowest BCUT2D eigenvalue weighted by Crippen LogP contribution is -2.17. The van der Waals surface area contributed by atoms with E-state index in [9.17, 15) is 0 Å². The van der Waals surface area contributed by atoms with Gasteiger partial charge in [-0.2, -0.15) is 10.2 Å². The Bertz CT molecular complexity index is 1260. The van der Waals surface area contributed by atoms with Crippen LogP contribution in [0, 0.1) is 11.7 Å². The Morgan fingerprint density at radius 1 is 1.22 bits per heavy atom. The Balaban J connectivity index is 1.43. The first kappa shape index (κ1) is 21.1. The maximum Gasteiger partial charge on any atom is 0.199 e. The van der Waals surface area contributed by atoms with E-state index in [2.05, 4.69) is 49.1 Å². The van der Waals surface area contributed by atoms with Crippen LogP contribution >= 0.6 is 24.0 Å². The van der Waals surface area contributed by atoms with Crippen LogP contribution in [-0.4, -0.2) is 52.0 Å². The van der Waals surface area contributed by atoms with Gasteiger partial charge in [0.25, 0.3) is 0 Å². The average Bonchev–Trinajstić information content (AvgIpc) is 3.57. The largest absolute Gasteiger partial charge is 0.376 e. The number of rotatable bonds is 7. The molecule has 0 bridgehead atoms. The Morgan fingerprint density at radius 3 is 2.78 bits per heavy atom. The molecular weight excluding hydrogens is 444 g/mol. The molecule has 3 aromatic heterocycles. The van der Waals surface area contributed by atoms with Crippen molar-refractivity contribution < 1.29 is 4.74 Å². The lowest BCUT2D eigenvalue weighted by molar-refractivity contribution is 0.0953. The normalized spacial score (nSPS) is 16.1. The van der Waals surface area contributed by atoms with Gasteiger partial charge in [-0.25, -0.2) is 0 Å². The number of hydrogen-bond donors (Lipinski definition) is 1. The third-order valence-corrected chi connectivity index (χ3v) is 6.67. The predicted octanol–water partition coefficient (Wildman–Crippen LogP) is 3.70. The quantitative estimate of drug-likeness (QED) is 0.327. The van der Waals surface area contributed by atoms with E-state index in [-0.39, 0.29) is 6.10 Å². The zero-order valence-electron chi connectivity index (χ0n) is 17.9. The monoisotopic (exact) mass is 468 g/mol. The minimum atomic E-state index is 0.162. The molecule has 1 aromatic carbocycles. The Kier molecular flexibility index (Phi) is 5.94. The highest BCUT2D eigenvalue weighted by Crippen LogP contribution is 2.28. The fourth-order valence-electron chi connectivity index (χ4n) is 3.79. The summed E-state index contributed by atoms with van der Waals surface area (Å²) in [4.78, 5) is 0. The summed E-state index contributed by atoms with van der Waals surface area (Å²) >= 11 is 7.07. The van der Waals surface area contributed by atoms with Crippen LogP contribution in [0.4, 0.5) is 0 Å². The topological polar surface area (TPSA) is 91.4 Å². The van der Waals surface area contributed by atoms with Gasteiger partial charge in [0.1, 0.15) is 11.5 Å². The SMILES string of the molecule is Cc1ccc(-n2c(CSc3nnc(-c4ccn(C)n4)n3CC3CCCO3)n[nH]c2=S)cc1. The second kappa shape index (κ2) is 9.00. The molecule has 4 heterocycles. The van der Waals surface area contributed by atoms with Crippen molar-refractivity contribution in [2.45, 2.75) is 43.3 Å². The smallest absolute Gasteiger partial charge is 0.199 e. The Morgan fingerprint density at radius 2 is 2.06 bits per heavy atom. The van der Waals surface area contributed by atoms with Crippen molar-refractivity contribution in [3.63, 3.8) is 0 Å². The number of nitrogens with zero attached hydrogens (tertiary/aromatic N) is 7. The van der Waals surface area contributed by atoms with E-state index in [1.807, 2.05) is 36.0 Å². The summed E-state index contributed by atoms with van der Waals surface area (Å²) in [6, 6.07) is 10.2. The molecule has 0 aliphatic carbocycles. The number of aryl methyl sites for hydroxylation is 2. The second-order valence-electron chi connectivity index (χ2n) is 7.83. The van der Waals surface area contributed by atoms with Gasteiger partial charge in [0.05, 0.1) is 18.4 Å². The van der Waals surface area contributed by atoms with E-state index in [1.54, 1.807) is 16.4 Å². The highest BCUT2D eigenvalue weighted by atomic mass is 32.2. The molecule has 0 amide bonds. The van der Waals surface area contributed by atoms with Gasteiger partial charge in [-0.3, -0.25) is 18.9 Å². The van der Waals surface area contributed by atoms with Crippen LogP contribution in [0.2, 0.25) is 0 Å². The molecule has 166 valence electrons. The van der Waals surface area contributed by atoms with Crippen molar-refractivity contribution in [2.75, 3.05) is 6.61 Å². The summed E-state index contributed by atoms with van der Waals surface area (Å²) in [5, 5.41) is 21.6. The lowest BCUT2D eigenvalue weighted by atomic mass is 10.2. The fraction of sp³-hybridized carbons (Fsp3) is 0.381. The number of aromatic amines is 1. The minimum Gasteiger partial charge on any atom is -0.376 e. The zero-order chi connectivity index (χ0) is 22.1. The maximum atomic E-state index is 5.88. The molecule has 0 saturated carbocycles. The van der Waals surface area contributed by atoms with Crippen LogP contribution in [-0.2, 0) is 24.1 Å². The summed E-state index contributed by atoms with van der Waals surface area (Å²) in [6.07, 6.45) is 4.19. The number of thioether (sulfide) groups is 1. The van der Waals surface area contributed by atoms with Gasteiger partial charge >= 0.3 is 0 Å². The van der Waals surface area contributed by atoms with Crippen LogP contribution < -0.4 is 0 Å².